The first-order valence-electron chi connectivity index (χ1n) is 7.96. The highest BCUT2D eigenvalue weighted by molar-refractivity contribution is 5.87. The van der Waals surface area contributed by atoms with Crippen LogP contribution in [0.3, 0.4) is 0 Å². The number of carbonyl (C=O) groups excluding carboxylic acids is 1. The van der Waals surface area contributed by atoms with Crippen LogP contribution in [0.5, 0.6) is 0 Å². The highest BCUT2D eigenvalue weighted by Crippen LogP contribution is 2.26. The van der Waals surface area contributed by atoms with Crippen molar-refractivity contribution in [2.45, 2.75) is 12.5 Å². The molecule has 3 heterocycles. The minimum absolute atomic E-state index is 0.132. The first kappa shape index (κ1) is 14.0. The topological polar surface area (TPSA) is 61.4 Å². The molecule has 1 amide bonds. The van der Waals surface area contributed by atoms with Gasteiger partial charge in [-0.3, -0.25) is 4.79 Å². The second-order valence-corrected chi connectivity index (χ2v) is 5.92. The van der Waals surface area contributed by atoms with Crippen molar-refractivity contribution >= 4 is 17.5 Å². The summed E-state index contributed by atoms with van der Waals surface area (Å²) in [6.45, 7) is 2.97. The third-order valence-electron chi connectivity index (χ3n) is 4.50. The first-order chi connectivity index (χ1) is 11.3. The molecule has 4 rings (SSSR count). The van der Waals surface area contributed by atoms with Gasteiger partial charge in [-0.25, -0.2) is 9.97 Å². The van der Waals surface area contributed by atoms with Gasteiger partial charge in [-0.1, -0.05) is 18.2 Å². The molecule has 2 aliphatic heterocycles. The summed E-state index contributed by atoms with van der Waals surface area (Å²) in [4.78, 5) is 25.4. The molecular weight excluding hydrogens is 290 g/mol. The first-order valence-corrected chi connectivity index (χ1v) is 7.96. The zero-order valence-electron chi connectivity index (χ0n) is 12.9. The van der Waals surface area contributed by atoms with E-state index in [4.69, 9.17) is 0 Å². The zero-order chi connectivity index (χ0) is 15.6. The van der Waals surface area contributed by atoms with Crippen molar-refractivity contribution in [1.82, 2.24) is 14.9 Å². The number of rotatable bonds is 2. The van der Waals surface area contributed by atoms with Crippen LogP contribution in [0.15, 0.2) is 42.7 Å². The van der Waals surface area contributed by atoms with Crippen LogP contribution in [0, 0.1) is 0 Å². The molecule has 1 fully saturated rings. The van der Waals surface area contributed by atoms with Gasteiger partial charge in [0.2, 0.25) is 11.9 Å². The van der Waals surface area contributed by atoms with E-state index in [9.17, 15) is 4.79 Å². The summed E-state index contributed by atoms with van der Waals surface area (Å²) >= 11 is 0. The molecule has 0 bridgehead atoms. The molecule has 1 aromatic heterocycles. The second kappa shape index (κ2) is 5.87. The predicted octanol–water partition coefficient (Wildman–Crippen LogP) is 1.16. The maximum atomic E-state index is 12.7. The van der Waals surface area contributed by atoms with E-state index in [2.05, 4.69) is 26.3 Å². The van der Waals surface area contributed by atoms with Gasteiger partial charge in [-0.2, -0.15) is 0 Å². The van der Waals surface area contributed by atoms with Gasteiger partial charge < -0.3 is 15.1 Å². The van der Waals surface area contributed by atoms with Gasteiger partial charge in [0.15, 0.2) is 0 Å². The Labute approximate surface area is 135 Å². The monoisotopic (exact) mass is 309 g/mol. The number of hydrogen-bond acceptors (Lipinski definition) is 5. The van der Waals surface area contributed by atoms with Gasteiger partial charge in [0.05, 0.1) is 0 Å². The van der Waals surface area contributed by atoms with Crippen molar-refractivity contribution in [3.8, 4) is 0 Å². The van der Waals surface area contributed by atoms with Gasteiger partial charge in [-0.05, 0) is 17.7 Å². The number of anilines is 2. The molecule has 6 nitrogen and oxygen atoms in total. The predicted molar refractivity (Wildman–Crippen MR) is 88.4 cm³/mol. The average molecular weight is 309 g/mol. The summed E-state index contributed by atoms with van der Waals surface area (Å²) in [5.41, 5.74) is 2.31. The summed E-state index contributed by atoms with van der Waals surface area (Å²) < 4.78 is 0. The summed E-state index contributed by atoms with van der Waals surface area (Å²) in [6.07, 6.45) is 4.27. The number of amides is 1. The molecule has 1 N–H and O–H groups in total. The molecule has 0 aliphatic carbocycles. The fourth-order valence-electron chi connectivity index (χ4n) is 3.25. The lowest BCUT2D eigenvalue weighted by Gasteiger charge is -2.35. The molecule has 0 radical (unpaired) electrons. The number of para-hydroxylation sites is 1. The van der Waals surface area contributed by atoms with Crippen molar-refractivity contribution in [3.05, 3.63) is 48.3 Å². The summed E-state index contributed by atoms with van der Waals surface area (Å²) in [5, 5.41) is 3.34. The maximum absolute atomic E-state index is 12.7. The van der Waals surface area contributed by atoms with Crippen molar-refractivity contribution in [2.75, 3.05) is 36.4 Å². The Morgan fingerprint density at radius 2 is 1.78 bits per heavy atom. The Balaban J connectivity index is 1.37. The molecule has 1 unspecified atom stereocenters. The van der Waals surface area contributed by atoms with Crippen molar-refractivity contribution < 1.29 is 4.79 Å². The van der Waals surface area contributed by atoms with Crippen molar-refractivity contribution in [3.63, 3.8) is 0 Å². The Hall–Kier alpha value is -2.63. The third kappa shape index (κ3) is 2.72. The van der Waals surface area contributed by atoms with Crippen LogP contribution in [-0.2, 0) is 11.2 Å². The quantitative estimate of drug-likeness (QED) is 0.902. The molecule has 0 spiro atoms. The Kier molecular flexibility index (Phi) is 3.57. The molecule has 6 heteroatoms. The number of piperazine rings is 1. The molecule has 1 atom stereocenters. The van der Waals surface area contributed by atoms with Gasteiger partial charge in [0.25, 0.3) is 0 Å². The number of nitrogens with one attached hydrogen (secondary N) is 1. The van der Waals surface area contributed by atoms with E-state index >= 15 is 0 Å². The molecule has 23 heavy (non-hydrogen) atoms. The lowest BCUT2D eigenvalue weighted by Crippen LogP contribution is -2.52. The van der Waals surface area contributed by atoms with Gasteiger partial charge in [0, 0.05) is 50.7 Å². The largest absolute Gasteiger partial charge is 0.373 e. The van der Waals surface area contributed by atoms with Crippen LogP contribution in [0.25, 0.3) is 0 Å². The van der Waals surface area contributed by atoms with Gasteiger partial charge in [-0.15, -0.1) is 0 Å². The Morgan fingerprint density at radius 3 is 2.52 bits per heavy atom. The lowest BCUT2D eigenvalue weighted by molar-refractivity contribution is -0.132. The molecular formula is C17H19N5O. The van der Waals surface area contributed by atoms with E-state index in [0.29, 0.717) is 13.1 Å². The Bertz CT molecular complexity index is 672. The highest BCUT2D eigenvalue weighted by atomic mass is 16.2. The van der Waals surface area contributed by atoms with E-state index in [1.54, 1.807) is 12.4 Å². The van der Waals surface area contributed by atoms with Crippen LogP contribution < -0.4 is 10.2 Å². The van der Waals surface area contributed by atoms with Gasteiger partial charge >= 0.3 is 0 Å². The molecule has 118 valence electrons. The smallest absolute Gasteiger partial charge is 0.245 e. The van der Waals surface area contributed by atoms with Crippen LogP contribution >= 0.6 is 0 Å². The molecule has 0 saturated carbocycles. The van der Waals surface area contributed by atoms with E-state index < -0.39 is 0 Å². The third-order valence-corrected chi connectivity index (χ3v) is 4.50. The van der Waals surface area contributed by atoms with Crippen LogP contribution in [-0.4, -0.2) is 53.0 Å². The standard InChI is InChI=1S/C17H19N5O/c23-16(15-12-13-4-1-2-5-14(13)20-15)21-8-10-22(11-9-21)17-18-6-3-7-19-17/h1-7,15,20H,8-12H2. The number of nitrogens with zero attached hydrogens (tertiary/aromatic N) is 4. The SMILES string of the molecule is O=C(C1Cc2ccccc2N1)N1CCN(c2ncccn2)CC1. The fraction of sp³-hybridized carbons (Fsp3) is 0.353. The number of carbonyl (C=O) groups is 1. The number of hydrogen-bond donors (Lipinski definition) is 1. The fourth-order valence-corrected chi connectivity index (χ4v) is 3.25. The van der Waals surface area contributed by atoms with E-state index in [1.165, 1.54) is 5.56 Å². The summed E-state index contributed by atoms with van der Waals surface area (Å²) in [6, 6.07) is 9.82. The number of aromatic nitrogens is 2. The normalized spacial score (nSPS) is 20.1. The van der Waals surface area contributed by atoms with Crippen LogP contribution in [0.4, 0.5) is 11.6 Å². The Morgan fingerprint density at radius 1 is 1.04 bits per heavy atom. The minimum Gasteiger partial charge on any atom is -0.373 e. The lowest BCUT2D eigenvalue weighted by atomic mass is 10.1. The minimum atomic E-state index is -0.132. The van der Waals surface area contributed by atoms with E-state index in [1.807, 2.05) is 29.2 Å². The average Bonchev–Trinajstić information content (AvgIpc) is 3.06. The maximum Gasteiger partial charge on any atom is 0.245 e. The van der Waals surface area contributed by atoms with Crippen molar-refractivity contribution in [1.29, 1.82) is 0 Å². The molecule has 1 aromatic carbocycles. The van der Waals surface area contributed by atoms with Crippen LogP contribution in [0.2, 0.25) is 0 Å². The van der Waals surface area contributed by atoms with E-state index in [0.717, 1.165) is 31.1 Å². The number of fused-ring (bicyclic) bond motifs is 1. The van der Waals surface area contributed by atoms with E-state index in [-0.39, 0.29) is 11.9 Å². The second-order valence-electron chi connectivity index (χ2n) is 5.92. The van der Waals surface area contributed by atoms with Gasteiger partial charge in [0.1, 0.15) is 6.04 Å². The summed E-state index contributed by atoms with van der Waals surface area (Å²) in [7, 11) is 0. The van der Waals surface area contributed by atoms with Crippen molar-refractivity contribution in [2.24, 2.45) is 0 Å². The zero-order valence-corrected chi connectivity index (χ0v) is 12.9. The molecule has 1 saturated heterocycles. The molecule has 2 aromatic rings. The summed E-state index contributed by atoms with van der Waals surface area (Å²) in [5.74, 6) is 0.931. The molecule has 2 aliphatic rings. The van der Waals surface area contributed by atoms with Crippen LogP contribution in [0.1, 0.15) is 5.56 Å². The number of benzene rings is 1. The highest BCUT2D eigenvalue weighted by Gasteiger charge is 2.31.